The van der Waals surface area contributed by atoms with Gasteiger partial charge in [0.1, 0.15) is 52.6 Å². The van der Waals surface area contributed by atoms with Gasteiger partial charge in [-0.05, 0) is 93.5 Å². The van der Waals surface area contributed by atoms with Crippen LogP contribution in [0.4, 0.5) is 0 Å². The number of likely N-dealkylation sites (tertiary alicyclic amines) is 2. The van der Waals surface area contributed by atoms with Gasteiger partial charge in [0.05, 0.1) is 66.8 Å². The van der Waals surface area contributed by atoms with Crippen molar-refractivity contribution in [2.75, 3.05) is 32.8 Å². The van der Waals surface area contributed by atoms with E-state index >= 15 is 0 Å². The zero-order valence-electron chi connectivity index (χ0n) is 47.1. The molecule has 2 aliphatic carbocycles. The first-order valence-corrected chi connectivity index (χ1v) is 33.4. The standard InChI is InChI=1S/C32H38Cl2N8O3Si.C26H24Cl2N8O2/c1-40-26-14-24(34)23(33)13-21(26)28(39-40)25-16-36-30-29(37-25)22(17-42(30)18-45-11-12-46(2,3)4)31(43)38-27(20-5-6-20)32(44)41-9-7-19(15-35)8-10-41;1-35-20-9-18(28)17(27)8-15(20)22(34-35)19-12-31-24-23(32-19)16(11-30-24)25(37)33-21(14-2-3-14)26(38)36-6-4-13(10-29)5-7-36/h13-14,16-17,19-20,27H,5-12,18H2,1-4H3,(H,38,43);8-9,11-14,21H,2-7H2,1H3,(H,30,31)(H,33,37)/t27-;21-/m11/s1. The van der Waals surface area contributed by atoms with E-state index in [2.05, 4.69) is 62.6 Å². The first kappa shape index (κ1) is 58.6. The maximum atomic E-state index is 14.0. The summed E-state index contributed by atoms with van der Waals surface area (Å²) < 4.78 is 11.2. The van der Waals surface area contributed by atoms with Gasteiger partial charge in [0, 0.05) is 90.0 Å². The van der Waals surface area contributed by atoms with Gasteiger partial charge < -0.3 is 34.7 Å². The molecule has 8 heterocycles. The third kappa shape index (κ3) is 12.3. The van der Waals surface area contributed by atoms with Crippen LogP contribution in [-0.2, 0) is 35.2 Å². The summed E-state index contributed by atoms with van der Waals surface area (Å²) in [5.41, 5.74) is 5.97. The molecule has 0 radical (unpaired) electrons. The Hall–Kier alpha value is -7.18. The SMILES string of the molecule is Cn1nc(-c2cnc3[nH]cc(C(=O)N[C@@H](C(=O)N4CCC(C#N)CC4)C4CC4)c3n2)c2cc(Cl)c(Cl)cc21.Cn1nc(-c2cnc3c(n2)c(C(=O)N[C@@H](C(=O)N2CCC(C#N)CC2)C2CC2)cn3COCC[Si](C)(C)C)c2cc(Cl)c(Cl)cc21. The number of aromatic amines is 1. The highest BCUT2D eigenvalue weighted by atomic mass is 35.5. The van der Waals surface area contributed by atoms with E-state index in [1.54, 1.807) is 79.8 Å². The molecule has 4 aliphatic rings. The molecular weight excluding hydrogens is 1170 g/mol. The van der Waals surface area contributed by atoms with Gasteiger partial charge in [-0.3, -0.25) is 28.5 Å². The molecule has 0 bridgehead atoms. The molecule has 6 aromatic heterocycles. The summed E-state index contributed by atoms with van der Waals surface area (Å²) in [5.74, 6) is -0.807. The van der Waals surface area contributed by atoms with Gasteiger partial charge >= 0.3 is 0 Å². The lowest BCUT2D eigenvalue weighted by Crippen LogP contribution is -2.51. The quantitative estimate of drug-likeness (QED) is 0.0638. The van der Waals surface area contributed by atoms with Crippen LogP contribution in [0.1, 0.15) is 72.1 Å². The highest BCUT2D eigenvalue weighted by Crippen LogP contribution is 2.38. The van der Waals surface area contributed by atoms with Gasteiger partial charge in [-0.1, -0.05) is 66.0 Å². The molecule has 2 saturated carbocycles. The number of piperidine rings is 2. The largest absolute Gasteiger partial charge is 0.361 e. The summed E-state index contributed by atoms with van der Waals surface area (Å²) in [7, 11) is 2.32. The van der Waals surface area contributed by atoms with E-state index in [-0.39, 0.29) is 48.1 Å². The first-order chi connectivity index (χ1) is 40.3. The molecule has 12 rings (SSSR count). The number of benzene rings is 2. The van der Waals surface area contributed by atoms with Gasteiger partial charge in [0.25, 0.3) is 11.8 Å². The summed E-state index contributed by atoms with van der Waals surface area (Å²) in [6.45, 7) is 9.80. The Balaban J connectivity index is 0.000000178. The molecule has 3 N–H and O–H groups in total. The monoisotopic (exact) mass is 1230 g/mol. The third-order valence-electron chi connectivity index (χ3n) is 16.2. The first-order valence-electron chi connectivity index (χ1n) is 28.2. The number of hydrogen-bond acceptors (Lipinski definition) is 13. The van der Waals surface area contributed by atoms with Crippen LogP contribution < -0.4 is 10.6 Å². The minimum atomic E-state index is -1.29. The Labute approximate surface area is 504 Å². The van der Waals surface area contributed by atoms with E-state index in [0.717, 1.165) is 53.5 Å². The van der Waals surface area contributed by atoms with Crippen molar-refractivity contribution in [1.82, 2.24) is 69.5 Å². The average Bonchev–Trinajstić information content (AvgIpc) is 2.90. The third-order valence-corrected chi connectivity index (χ3v) is 19.4. The molecule has 8 aromatic rings. The Morgan fingerprint density at radius 3 is 1.62 bits per heavy atom. The number of nitrogens with zero attached hydrogens (tertiary/aromatic N) is 13. The number of aromatic nitrogens is 10. The molecule has 4 amide bonds. The maximum absolute atomic E-state index is 14.0. The van der Waals surface area contributed by atoms with E-state index in [4.69, 9.17) is 71.4 Å². The Morgan fingerprint density at radius 1 is 0.679 bits per heavy atom. The van der Waals surface area contributed by atoms with Crippen LogP contribution in [-0.4, -0.2) is 135 Å². The molecule has 2 atom stereocenters. The van der Waals surface area contributed by atoms with Crippen molar-refractivity contribution >= 4 is 122 Å². The van der Waals surface area contributed by atoms with Crippen LogP contribution in [0.2, 0.25) is 45.8 Å². The zero-order valence-corrected chi connectivity index (χ0v) is 51.1. The highest BCUT2D eigenvalue weighted by molar-refractivity contribution is 6.76. The second-order valence-electron chi connectivity index (χ2n) is 23.5. The van der Waals surface area contributed by atoms with Crippen LogP contribution in [0.25, 0.3) is 66.9 Å². The summed E-state index contributed by atoms with van der Waals surface area (Å²) in [5, 5.41) is 36.9. The molecule has 2 aromatic carbocycles. The molecule has 436 valence electrons. The molecule has 0 spiro atoms. The maximum Gasteiger partial charge on any atom is 0.255 e. The fourth-order valence-corrected chi connectivity index (χ4v) is 12.3. The number of fused-ring (bicyclic) bond motifs is 4. The van der Waals surface area contributed by atoms with Crippen molar-refractivity contribution in [3.63, 3.8) is 0 Å². The summed E-state index contributed by atoms with van der Waals surface area (Å²) in [4.78, 5) is 79.8. The molecule has 2 saturated heterocycles. The van der Waals surface area contributed by atoms with E-state index in [9.17, 15) is 24.4 Å². The van der Waals surface area contributed by atoms with Crippen LogP contribution in [0.3, 0.4) is 0 Å². The zero-order chi connectivity index (χ0) is 59.3. The van der Waals surface area contributed by atoms with Crippen molar-refractivity contribution in [3.8, 4) is 34.9 Å². The Morgan fingerprint density at radius 2 is 1.14 bits per heavy atom. The predicted octanol–water partition coefficient (Wildman–Crippen LogP) is 9.96. The minimum Gasteiger partial charge on any atom is -0.361 e. The van der Waals surface area contributed by atoms with Crippen LogP contribution >= 0.6 is 46.4 Å². The average molecular weight is 1230 g/mol. The van der Waals surface area contributed by atoms with Gasteiger partial charge in [0.15, 0.2) is 11.3 Å². The van der Waals surface area contributed by atoms with Crippen molar-refractivity contribution in [2.24, 2.45) is 37.8 Å². The van der Waals surface area contributed by atoms with Gasteiger partial charge in [0.2, 0.25) is 11.8 Å². The second-order valence-corrected chi connectivity index (χ2v) is 30.7. The number of rotatable bonds is 15. The smallest absolute Gasteiger partial charge is 0.255 e. The summed E-state index contributed by atoms with van der Waals surface area (Å²) in [6, 6.07) is 11.4. The second kappa shape index (κ2) is 24.1. The van der Waals surface area contributed by atoms with Gasteiger partial charge in [-0.25, -0.2) is 19.9 Å². The number of ether oxygens (including phenoxy) is 1. The number of hydrogen-bond donors (Lipinski definition) is 3. The number of carbonyl (C=O) groups is 4. The number of nitrogens with one attached hydrogen (secondary N) is 3. The highest BCUT2D eigenvalue weighted by Gasteiger charge is 2.42. The van der Waals surface area contributed by atoms with Gasteiger partial charge in [-0.2, -0.15) is 20.7 Å². The van der Waals surface area contributed by atoms with Crippen molar-refractivity contribution < 1.29 is 23.9 Å². The lowest BCUT2D eigenvalue weighted by atomic mass is 9.97. The van der Waals surface area contributed by atoms with Crippen LogP contribution in [0.15, 0.2) is 49.1 Å². The molecule has 21 nitrogen and oxygen atoms in total. The Kier molecular flexibility index (Phi) is 16.8. The lowest BCUT2D eigenvalue weighted by molar-refractivity contribution is -0.135. The van der Waals surface area contributed by atoms with E-state index in [0.29, 0.717) is 135 Å². The predicted molar refractivity (Wildman–Crippen MR) is 323 cm³/mol. The minimum absolute atomic E-state index is 0.0174. The topological polar surface area (TPSA) is 264 Å². The Bertz CT molecular complexity index is 3980. The normalized spacial score (nSPS) is 16.8. The number of nitriles is 2. The van der Waals surface area contributed by atoms with Crippen LogP contribution in [0, 0.1) is 46.3 Å². The number of carbonyl (C=O) groups excluding carboxylic acids is 4. The van der Waals surface area contributed by atoms with Gasteiger partial charge in [-0.15, -0.1) is 0 Å². The number of aryl methyl sites for hydroxylation is 2. The van der Waals surface area contributed by atoms with E-state index in [1.807, 2.05) is 7.05 Å². The summed E-state index contributed by atoms with van der Waals surface area (Å²) in [6.07, 6.45) is 12.6. The molecule has 2 aliphatic heterocycles. The fourth-order valence-electron chi connectivity index (χ4n) is 10.9. The van der Waals surface area contributed by atoms with Crippen LogP contribution in [0.5, 0.6) is 0 Å². The lowest BCUT2D eigenvalue weighted by Gasteiger charge is -2.32. The van der Waals surface area contributed by atoms with E-state index in [1.165, 1.54) is 0 Å². The molecule has 0 unspecified atom stereocenters. The number of H-pyrrole nitrogens is 1. The summed E-state index contributed by atoms with van der Waals surface area (Å²) >= 11 is 25.1. The van der Waals surface area contributed by atoms with Crippen molar-refractivity contribution in [2.45, 2.75) is 95.9 Å². The molecular formula is C58H62Cl4N16O5Si. The number of amides is 4. The molecule has 84 heavy (non-hydrogen) atoms. The van der Waals surface area contributed by atoms with Crippen molar-refractivity contribution in [3.05, 3.63) is 80.3 Å². The molecule has 4 fully saturated rings. The number of halogens is 4. The van der Waals surface area contributed by atoms with E-state index < -0.39 is 26.1 Å². The van der Waals surface area contributed by atoms with Crippen molar-refractivity contribution in [1.29, 1.82) is 10.5 Å². The fraction of sp³-hybridized carbons (Fsp3) is 0.448. The molecule has 26 heteroatoms.